The standard InChI is InChI=1S/C27H21Cl2N5O2S/c1-36-22-10-7-17(8-11-22)25-19(16-34(33-25)21-5-3-2-4-6-21)15-30-32-27-31-26(35)24(37-27)14-18-13-20(28)9-12-23(18)29/h2-13,15-16,24H,14H2,1H3,(H,31,32,35)/b30-15+. The summed E-state index contributed by atoms with van der Waals surface area (Å²) in [5.74, 6) is 0.612. The lowest BCUT2D eigenvalue weighted by atomic mass is 10.1. The van der Waals surface area contributed by atoms with E-state index in [1.807, 2.05) is 60.8 Å². The Morgan fingerprint density at radius 3 is 2.65 bits per heavy atom. The van der Waals surface area contributed by atoms with Gasteiger partial charge in [-0.1, -0.05) is 53.2 Å². The lowest BCUT2D eigenvalue weighted by molar-refractivity contribution is -0.118. The minimum Gasteiger partial charge on any atom is -0.497 e. The van der Waals surface area contributed by atoms with Gasteiger partial charge in [-0.05, 0) is 66.6 Å². The first-order valence-corrected chi connectivity index (χ1v) is 13.0. The molecule has 1 saturated heterocycles. The number of amidine groups is 1. The van der Waals surface area contributed by atoms with Crippen LogP contribution in [0.3, 0.4) is 0 Å². The summed E-state index contributed by atoms with van der Waals surface area (Å²) in [7, 11) is 1.63. The first kappa shape index (κ1) is 25.1. The molecule has 0 aliphatic carbocycles. The number of amides is 1. The van der Waals surface area contributed by atoms with Crippen LogP contribution in [0.5, 0.6) is 5.75 Å². The van der Waals surface area contributed by atoms with Crippen molar-refractivity contribution < 1.29 is 9.53 Å². The summed E-state index contributed by atoms with van der Waals surface area (Å²) in [6.45, 7) is 0. The van der Waals surface area contributed by atoms with Gasteiger partial charge in [-0.25, -0.2) is 4.68 Å². The second-order valence-electron chi connectivity index (χ2n) is 8.13. The third kappa shape index (κ3) is 5.88. The Hall–Kier alpha value is -3.59. The van der Waals surface area contributed by atoms with Crippen LogP contribution >= 0.6 is 35.0 Å². The van der Waals surface area contributed by atoms with Crippen molar-refractivity contribution >= 4 is 52.3 Å². The lowest BCUT2D eigenvalue weighted by Gasteiger charge is -2.07. The van der Waals surface area contributed by atoms with E-state index >= 15 is 0 Å². The van der Waals surface area contributed by atoms with E-state index in [0.717, 1.165) is 33.8 Å². The number of nitrogens with zero attached hydrogens (tertiary/aromatic N) is 4. The number of benzene rings is 3. The minimum atomic E-state index is -0.374. The average molecular weight is 550 g/mol. The van der Waals surface area contributed by atoms with E-state index in [0.29, 0.717) is 21.6 Å². The van der Waals surface area contributed by atoms with Gasteiger partial charge in [-0.3, -0.25) is 4.79 Å². The Morgan fingerprint density at radius 1 is 1.11 bits per heavy atom. The second-order valence-corrected chi connectivity index (χ2v) is 10.2. The van der Waals surface area contributed by atoms with Gasteiger partial charge in [0, 0.05) is 27.4 Å². The number of aromatic nitrogens is 2. The van der Waals surface area contributed by atoms with Gasteiger partial charge in [0.1, 0.15) is 11.4 Å². The molecule has 0 bridgehead atoms. The topological polar surface area (TPSA) is 80.9 Å². The van der Waals surface area contributed by atoms with Gasteiger partial charge in [0.15, 0.2) is 5.17 Å². The maximum Gasteiger partial charge on any atom is 0.239 e. The van der Waals surface area contributed by atoms with Crippen LogP contribution in [0.2, 0.25) is 10.0 Å². The molecule has 0 radical (unpaired) electrons. The molecular weight excluding hydrogens is 529 g/mol. The maximum atomic E-state index is 12.5. The Balaban J connectivity index is 1.38. The van der Waals surface area contributed by atoms with E-state index in [-0.39, 0.29) is 11.2 Å². The highest BCUT2D eigenvalue weighted by Crippen LogP contribution is 2.29. The molecule has 0 spiro atoms. The molecule has 1 fully saturated rings. The fourth-order valence-corrected chi connectivity index (χ4v) is 5.14. The van der Waals surface area contributed by atoms with Gasteiger partial charge < -0.3 is 10.1 Å². The molecule has 5 rings (SSSR count). The van der Waals surface area contributed by atoms with Crippen molar-refractivity contribution in [3.8, 4) is 22.7 Å². The van der Waals surface area contributed by atoms with Gasteiger partial charge in [-0.15, -0.1) is 5.10 Å². The third-order valence-electron chi connectivity index (χ3n) is 5.66. The lowest BCUT2D eigenvalue weighted by Crippen LogP contribution is -2.26. The van der Waals surface area contributed by atoms with E-state index < -0.39 is 0 Å². The summed E-state index contributed by atoms with van der Waals surface area (Å²) in [5, 5.41) is 17.3. The van der Waals surface area contributed by atoms with E-state index in [1.165, 1.54) is 11.8 Å². The van der Waals surface area contributed by atoms with Crippen LogP contribution in [0, 0.1) is 0 Å². The number of rotatable bonds is 7. The van der Waals surface area contributed by atoms with Crippen LogP contribution in [0.15, 0.2) is 89.2 Å². The van der Waals surface area contributed by atoms with E-state index in [1.54, 1.807) is 36.2 Å². The molecule has 0 saturated carbocycles. The average Bonchev–Trinajstić information content (AvgIpc) is 3.50. The van der Waals surface area contributed by atoms with E-state index in [2.05, 4.69) is 15.5 Å². The molecule has 2 heterocycles. The van der Waals surface area contributed by atoms with Crippen molar-refractivity contribution in [2.45, 2.75) is 11.7 Å². The van der Waals surface area contributed by atoms with Crippen LogP contribution < -0.4 is 10.1 Å². The first-order chi connectivity index (χ1) is 18.0. The molecule has 1 aliphatic rings. The van der Waals surface area contributed by atoms with Crippen LogP contribution in [0.1, 0.15) is 11.1 Å². The van der Waals surface area contributed by atoms with Gasteiger partial charge in [0.05, 0.1) is 24.3 Å². The number of ether oxygens (including phenoxy) is 1. The van der Waals surface area contributed by atoms with E-state index in [4.69, 9.17) is 33.0 Å². The predicted molar refractivity (Wildman–Crippen MR) is 150 cm³/mol. The zero-order chi connectivity index (χ0) is 25.8. The number of thioether (sulfide) groups is 1. The van der Waals surface area contributed by atoms with Gasteiger partial charge in [0.25, 0.3) is 0 Å². The van der Waals surface area contributed by atoms with Crippen molar-refractivity contribution in [3.63, 3.8) is 0 Å². The smallest absolute Gasteiger partial charge is 0.239 e. The normalized spacial score (nSPS) is 16.5. The Labute approximate surface area is 228 Å². The fourth-order valence-electron chi connectivity index (χ4n) is 3.80. The molecule has 1 N–H and O–H groups in total. The summed E-state index contributed by atoms with van der Waals surface area (Å²) >= 11 is 13.7. The SMILES string of the molecule is COc1ccc(-c2nn(-c3ccccc3)cc2/C=N/N=C2\NC(=O)C(Cc3cc(Cl)ccc3Cl)S2)cc1. The molecular formula is C27H21Cl2N5O2S. The third-order valence-corrected chi connectivity index (χ3v) is 7.34. The van der Waals surface area contributed by atoms with Crippen molar-refractivity contribution in [2.75, 3.05) is 7.11 Å². The summed E-state index contributed by atoms with van der Waals surface area (Å²) in [6.07, 6.45) is 3.96. The molecule has 1 unspecified atom stereocenters. The molecule has 3 aromatic carbocycles. The largest absolute Gasteiger partial charge is 0.497 e. The number of carbonyl (C=O) groups is 1. The highest BCUT2D eigenvalue weighted by Gasteiger charge is 2.31. The Morgan fingerprint density at radius 2 is 1.89 bits per heavy atom. The summed E-state index contributed by atoms with van der Waals surface area (Å²) in [5.41, 5.74) is 4.15. The molecule has 4 aromatic rings. The van der Waals surface area contributed by atoms with Crippen LogP contribution in [-0.4, -0.2) is 39.4 Å². The monoisotopic (exact) mass is 549 g/mol. The highest BCUT2D eigenvalue weighted by atomic mass is 35.5. The number of methoxy groups -OCH3 is 1. The Kier molecular flexibility index (Phi) is 7.60. The predicted octanol–water partition coefficient (Wildman–Crippen LogP) is 6.02. The highest BCUT2D eigenvalue weighted by molar-refractivity contribution is 8.15. The molecule has 186 valence electrons. The van der Waals surface area contributed by atoms with Gasteiger partial charge in [-0.2, -0.15) is 10.2 Å². The molecule has 7 nitrogen and oxygen atoms in total. The maximum absolute atomic E-state index is 12.5. The van der Waals surface area contributed by atoms with Crippen molar-refractivity contribution in [3.05, 3.63) is 100 Å². The number of hydrogen-bond acceptors (Lipinski definition) is 6. The van der Waals surface area contributed by atoms with E-state index in [9.17, 15) is 4.79 Å². The number of para-hydroxylation sites is 1. The zero-order valence-electron chi connectivity index (χ0n) is 19.6. The first-order valence-electron chi connectivity index (χ1n) is 11.3. The number of halogens is 2. The molecule has 1 amide bonds. The molecule has 1 aromatic heterocycles. The van der Waals surface area contributed by atoms with Crippen molar-refractivity contribution in [2.24, 2.45) is 10.2 Å². The zero-order valence-corrected chi connectivity index (χ0v) is 22.0. The van der Waals surface area contributed by atoms with Crippen LogP contribution in [-0.2, 0) is 11.2 Å². The van der Waals surface area contributed by atoms with Gasteiger partial charge >= 0.3 is 0 Å². The fraction of sp³-hybridized carbons (Fsp3) is 0.111. The Bertz CT molecular complexity index is 1490. The van der Waals surface area contributed by atoms with Crippen LogP contribution in [0.25, 0.3) is 16.9 Å². The summed E-state index contributed by atoms with van der Waals surface area (Å²) in [4.78, 5) is 12.5. The molecule has 1 aliphatic heterocycles. The summed E-state index contributed by atoms with van der Waals surface area (Å²) < 4.78 is 7.07. The molecule has 1 atom stereocenters. The molecule has 37 heavy (non-hydrogen) atoms. The minimum absolute atomic E-state index is 0.147. The summed E-state index contributed by atoms with van der Waals surface area (Å²) in [6, 6.07) is 22.7. The number of carbonyl (C=O) groups excluding carboxylic acids is 1. The number of nitrogens with one attached hydrogen (secondary N) is 1. The number of hydrogen-bond donors (Lipinski definition) is 1. The van der Waals surface area contributed by atoms with Crippen molar-refractivity contribution in [1.29, 1.82) is 0 Å². The quantitative estimate of drug-likeness (QED) is 0.226. The molecule has 10 heteroatoms. The second kappa shape index (κ2) is 11.2. The van der Waals surface area contributed by atoms with Gasteiger partial charge in [0.2, 0.25) is 5.91 Å². The van der Waals surface area contributed by atoms with Crippen LogP contribution in [0.4, 0.5) is 0 Å². The van der Waals surface area contributed by atoms with Crippen molar-refractivity contribution in [1.82, 2.24) is 15.1 Å².